The van der Waals surface area contributed by atoms with Crippen molar-refractivity contribution < 1.29 is 5.11 Å². The molecule has 1 N–H and O–H groups in total. The molecule has 0 unspecified atom stereocenters. The van der Waals surface area contributed by atoms with Gasteiger partial charge >= 0.3 is 0 Å². The van der Waals surface area contributed by atoms with Crippen molar-refractivity contribution in [2.75, 3.05) is 0 Å². The van der Waals surface area contributed by atoms with Crippen LogP contribution in [-0.2, 0) is 25.7 Å². The second-order valence-electron chi connectivity index (χ2n) is 4.80. The molecule has 1 aliphatic rings. The summed E-state index contributed by atoms with van der Waals surface area (Å²) in [5.74, 6) is 0.552. The van der Waals surface area contributed by atoms with Gasteiger partial charge in [0.25, 0.3) is 0 Å². The number of phenolic OH excluding ortho intramolecular Hbond substituents is 1. The van der Waals surface area contributed by atoms with Gasteiger partial charge in [-0.05, 0) is 66.8 Å². The molecule has 0 amide bonds. The van der Waals surface area contributed by atoms with Gasteiger partial charge in [-0.2, -0.15) is 0 Å². The van der Waals surface area contributed by atoms with Crippen LogP contribution in [0.25, 0.3) is 0 Å². The lowest BCUT2D eigenvalue weighted by Crippen LogP contribution is -2.00. The SMILES string of the molecule is CCCCc1cc(O)c2c(c1CC)CCC2. The third kappa shape index (κ3) is 1.95. The summed E-state index contributed by atoms with van der Waals surface area (Å²) in [6, 6.07) is 2.03. The van der Waals surface area contributed by atoms with Gasteiger partial charge in [-0.1, -0.05) is 20.3 Å². The second-order valence-corrected chi connectivity index (χ2v) is 4.80. The number of aryl methyl sites for hydroxylation is 1. The number of fused-ring (bicyclic) bond motifs is 1. The summed E-state index contributed by atoms with van der Waals surface area (Å²) in [7, 11) is 0. The van der Waals surface area contributed by atoms with E-state index in [0.29, 0.717) is 5.75 Å². The van der Waals surface area contributed by atoms with Gasteiger partial charge in [-0.25, -0.2) is 0 Å². The second kappa shape index (κ2) is 4.90. The Morgan fingerprint density at radius 2 is 1.94 bits per heavy atom. The largest absolute Gasteiger partial charge is 0.508 e. The number of phenols is 1. The molecule has 0 radical (unpaired) electrons. The van der Waals surface area contributed by atoms with E-state index in [1.165, 1.54) is 47.9 Å². The van der Waals surface area contributed by atoms with E-state index in [-0.39, 0.29) is 0 Å². The molecule has 88 valence electrons. The summed E-state index contributed by atoms with van der Waals surface area (Å²) in [5, 5.41) is 10.0. The molecule has 1 aromatic rings. The average Bonchev–Trinajstić information content (AvgIpc) is 2.76. The Bertz CT molecular complexity index is 380. The minimum atomic E-state index is 0.552. The first-order valence-electron chi connectivity index (χ1n) is 6.63. The molecule has 0 spiro atoms. The van der Waals surface area contributed by atoms with Gasteiger partial charge in [-0.15, -0.1) is 0 Å². The van der Waals surface area contributed by atoms with Crippen LogP contribution in [0.2, 0.25) is 0 Å². The fourth-order valence-electron chi connectivity index (χ4n) is 2.92. The zero-order chi connectivity index (χ0) is 11.5. The summed E-state index contributed by atoms with van der Waals surface area (Å²) < 4.78 is 0. The van der Waals surface area contributed by atoms with E-state index in [4.69, 9.17) is 0 Å². The number of unbranched alkanes of at least 4 members (excludes halogenated alkanes) is 1. The molecule has 16 heavy (non-hydrogen) atoms. The first-order chi connectivity index (χ1) is 7.77. The zero-order valence-electron chi connectivity index (χ0n) is 10.5. The monoisotopic (exact) mass is 218 g/mol. The highest BCUT2D eigenvalue weighted by molar-refractivity contribution is 5.51. The normalized spacial score (nSPS) is 14.1. The molecule has 1 aliphatic carbocycles. The van der Waals surface area contributed by atoms with Gasteiger partial charge in [0.2, 0.25) is 0 Å². The van der Waals surface area contributed by atoms with E-state index < -0.39 is 0 Å². The minimum absolute atomic E-state index is 0.552. The Hall–Kier alpha value is -0.980. The van der Waals surface area contributed by atoms with Crippen molar-refractivity contribution in [1.82, 2.24) is 0 Å². The topological polar surface area (TPSA) is 20.2 Å². The van der Waals surface area contributed by atoms with Gasteiger partial charge in [0, 0.05) is 0 Å². The quantitative estimate of drug-likeness (QED) is 0.815. The van der Waals surface area contributed by atoms with Crippen LogP contribution >= 0.6 is 0 Å². The fraction of sp³-hybridized carbons (Fsp3) is 0.600. The standard InChI is InChI=1S/C15H22O/c1-3-5-7-11-10-15(16)14-9-6-8-13(14)12(11)4-2/h10,16H,3-9H2,1-2H3. The van der Waals surface area contributed by atoms with Crippen molar-refractivity contribution in [1.29, 1.82) is 0 Å². The molecule has 1 aromatic carbocycles. The van der Waals surface area contributed by atoms with Crippen LogP contribution in [-0.4, -0.2) is 5.11 Å². The van der Waals surface area contributed by atoms with Crippen molar-refractivity contribution >= 4 is 0 Å². The van der Waals surface area contributed by atoms with Crippen molar-refractivity contribution in [2.24, 2.45) is 0 Å². The first-order valence-corrected chi connectivity index (χ1v) is 6.63. The van der Waals surface area contributed by atoms with Crippen molar-refractivity contribution in [2.45, 2.75) is 58.8 Å². The maximum Gasteiger partial charge on any atom is 0.119 e. The molecule has 2 rings (SSSR count). The summed E-state index contributed by atoms with van der Waals surface area (Å²) in [5.41, 5.74) is 5.62. The van der Waals surface area contributed by atoms with Crippen LogP contribution in [0.3, 0.4) is 0 Å². The van der Waals surface area contributed by atoms with Crippen LogP contribution < -0.4 is 0 Å². The number of benzene rings is 1. The highest BCUT2D eigenvalue weighted by atomic mass is 16.3. The van der Waals surface area contributed by atoms with Gasteiger partial charge in [-0.3, -0.25) is 0 Å². The molecule has 1 heteroatoms. The van der Waals surface area contributed by atoms with E-state index in [2.05, 4.69) is 13.8 Å². The molecule has 0 atom stereocenters. The summed E-state index contributed by atoms with van der Waals surface area (Å²) in [6.07, 6.45) is 8.15. The molecule has 0 aliphatic heterocycles. The van der Waals surface area contributed by atoms with Crippen LogP contribution in [0.1, 0.15) is 55.4 Å². The molecule has 0 heterocycles. The van der Waals surface area contributed by atoms with Crippen LogP contribution in [0.5, 0.6) is 5.75 Å². The molecule has 0 bridgehead atoms. The van der Waals surface area contributed by atoms with Gasteiger partial charge in [0.05, 0.1) is 0 Å². The van der Waals surface area contributed by atoms with Crippen molar-refractivity contribution in [3.8, 4) is 5.75 Å². The van der Waals surface area contributed by atoms with Crippen molar-refractivity contribution in [3.05, 3.63) is 28.3 Å². The Morgan fingerprint density at radius 3 is 2.62 bits per heavy atom. The van der Waals surface area contributed by atoms with E-state index in [1.54, 1.807) is 0 Å². The third-order valence-corrected chi connectivity index (χ3v) is 3.74. The summed E-state index contributed by atoms with van der Waals surface area (Å²) in [4.78, 5) is 0. The zero-order valence-corrected chi connectivity index (χ0v) is 10.5. The number of aromatic hydroxyl groups is 1. The van der Waals surface area contributed by atoms with Crippen LogP contribution in [0.15, 0.2) is 6.07 Å². The lowest BCUT2D eigenvalue weighted by atomic mass is 9.92. The highest BCUT2D eigenvalue weighted by Gasteiger charge is 2.20. The van der Waals surface area contributed by atoms with Crippen molar-refractivity contribution in [3.63, 3.8) is 0 Å². The Morgan fingerprint density at radius 1 is 1.19 bits per heavy atom. The number of hydrogen-bond donors (Lipinski definition) is 1. The Labute approximate surface area is 98.5 Å². The molecule has 0 aromatic heterocycles. The fourth-order valence-corrected chi connectivity index (χ4v) is 2.92. The lowest BCUT2D eigenvalue weighted by Gasteiger charge is -2.14. The minimum Gasteiger partial charge on any atom is -0.508 e. The maximum absolute atomic E-state index is 10.0. The van der Waals surface area contributed by atoms with E-state index in [1.807, 2.05) is 6.07 Å². The molecule has 1 nitrogen and oxygen atoms in total. The Kier molecular flexibility index (Phi) is 3.52. The van der Waals surface area contributed by atoms with Gasteiger partial charge < -0.3 is 5.11 Å². The molecule has 0 saturated heterocycles. The smallest absolute Gasteiger partial charge is 0.119 e. The number of hydrogen-bond acceptors (Lipinski definition) is 1. The van der Waals surface area contributed by atoms with E-state index >= 15 is 0 Å². The lowest BCUT2D eigenvalue weighted by molar-refractivity contribution is 0.468. The first kappa shape index (κ1) is 11.5. The van der Waals surface area contributed by atoms with E-state index in [0.717, 1.165) is 19.3 Å². The predicted octanol–water partition coefficient (Wildman–Crippen LogP) is 3.79. The maximum atomic E-state index is 10.0. The van der Waals surface area contributed by atoms with Gasteiger partial charge in [0.15, 0.2) is 0 Å². The van der Waals surface area contributed by atoms with Crippen LogP contribution in [0, 0.1) is 0 Å². The van der Waals surface area contributed by atoms with Crippen LogP contribution in [0.4, 0.5) is 0 Å². The highest BCUT2D eigenvalue weighted by Crippen LogP contribution is 2.35. The molecular formula is C15H22O. The molecular weight excluding hydrogens is 196 g/mol. The predicted molar refractivity (Wildman–Crippen MR) is 68.1 cm³/mol. The average molecular weight is 218 g/mol. The molecule has 0 fully saturated rings. The number of rotatable bonds is 4. The summed E-state index contributed by atoms with van der Waals surface area (Å²) in [6.45, 7) is 4.46. The van der Waals surface area contributed by atoms with Gasteiger partial charge in [0.1, 0.15) is 5.75 Å². The third-order valence-electron chi connectivity index (χ3n) is 3.74. The summed E-state index contributed by atoms with van der Waals surface area (Å²) >= 11 is 0. The molecule has 0 saturated carbocycles. The Balaban J connectivity index is 2.41. The van der Waals surface area contributed by atoms with E-state index in [9.17, 15) is 5.11 Å².